The summed E-state index contributed by atoms with van der Waals surface area (Å²) in [5.74, 6) is -0.421. The van der Waals surface area contributed by atoms with Crippen molar-refractivity contribution >= 4 is 28.2 Å². The first-order valence-electron chi connectivity index (χ1n) is 8.92. The zero-order valence-corrected chi connectivity index (χ0v) is 16.4. The summed E-state index contributed by atoms with van der Waals surface area (Å²) in [6.07, 6.45) is 1.47. The molecule has 0 aliphatic heterocycles. The number of rotatable bonds is 3. The Hall–Kier alpha value is -3.08. The Morgan fingerprint density at radius 2 is 1.78 bits per heavy atom. The average molecular weight is 363 g/mol. The fraction of sp³-hybridized carbons (Fsp3) is 0.273. The lowest BCUT2D eigenvalue weighted by molar-refractivity contribution is 0.102. The number of pyridine rings is 1. The van der Waals surface area contributed by atoms with Gasteiger partial charge in [0.25, 0.3) is 5.91 Å². The second kappa shape index (κ2) is 6.91. The van der Waals surface area contributed by atoms with Crippen molar-refractivity contribution in [2.75, 3.05) is 24.3 Å². The number of H-pyrrole nitrogens is 1. The number of carbonyl (C=O) groups is 1. The predicted octanol–water partition coefficient (Wildman–Crippen LogP) is 4.14. The van der Waals surface area contributed by atoms with Gasteiger partial charge in [0, 0.05) is 42.6 Å². The molecule has 0 spiro atoms. The van der Waals surface area contributed by atoms with Crippen LogP contribution in [0.15, 0.2) is 53.5 Å². The lowest BCUT2D eigenvalue weighted by atomic mass is 9.85. The van der Waals surface area contributed by atoms with Crippen LogP contribution in [0.5, 0.6) is 0 Å². The molecule has 27 heavy (non-hydrogen) atoms. The standard InChI is InChI=1S/C22H25N3O2/c1-22(2,3)17-11-10-14(12-19(17)25(4)5)24-21(27)16-13-23-18-9-7-6-8-15(18)20(16)26/h6-13H,1-5H3,(H,23,26)(H,24,27). The summed E-state index contributed by atoms with van der Waals surface area (Å²) < 4.78 is 0. The summed E-state index contributed by atoms with van der Waals surface area (Å²) in [6.45, 7) is 6.46. The van der Waals surface area contributed by atoms with Crippen molar-refractivity contribution < 1.29 is 4.79 Å². The SMILES string of the molecule is CN(C)c1cc(NC(=O)c2c[nH]c3ccccc3c2=O)ccc1C(C)(C)C. The minimum Gasteiger partial charge on any atom is -0.377 e. The van der Waals surface area contributed by atoms with E-state index in [1.54, 1.807) is 12.1 Å². The molecule has 0 aliphatic rings. The Kier molecular flexibility index (Phi) is 4.79. The minimum absolute atomic E-state index is 0.0162. The van der Waals surface area contributed by atoms with Crippen LogP contribution in [-0.4, -0.2) is 25.0 Å². The number of aromatic nitrogens is 1. The van der Waals surface area contributed by atoms with Gasteiger partial charge in [-0.1, -0.05) is 39.0 Å². The highest BCUT2D eigenvalue weighted by Crippen LogP contribution is 2.33. The van der Waals surface area contributed by atoms with Crippen LogP contribution in [0.2, 0.25) is 0 Å². The number of para-hydroxylation sites is 1. The van der Waals surface area contributed by atoms with Crippen molar-refractivity contribution in [2.24, 2.45) is 0 Å². The van der Waals surface area contributed by atoms with E-state index in [0.717, 1.165) is 5.69 Å². The molecule has 3 aromatic rings. The molecule has 2 N–H and O–H groups in total. The summed E-state index contributed by atoms with van der Waals surface area (Å²) >= 11 is 0. The lowest BCUT2D eigenvalue weighted by Gasteiger charge is -2.27. The highest BCUT2D eigenvalue weighted by molar-refractivity contribution is 6.05. The fourth-order valence-corrected chi connectivity index (χ4v) is 3.15. The van der Waals surface area contributed by atoms with Crippen LogP contribution in [0.1, 0.15) is 36.7 Å². The maximum Gasteiger partial charge on any atom is 0.261 e. The monoisotopic (exact) mass is 363 g/mol. The van der Waals surface area contributed by atoms with Crippen molar-refractivity contribution in [2.45, 2.75) is 26.2 Å². The summed E-state index contributed by atoms with van der Waals surface area (Å²) in [4.78, 5) is 30.4. The van der Waals surface area contributed by atoms with Crippen molar-refractivity contribution in [1.82, 2.24) is 4.98 Å². The number of benzene rings is 2. The molecule has 140 valence electrons. The molecule has 1 amide bonds. The zero-order chi connectivity index (χ0) is 19.8. The van der Waals surface area contributed by atoms with Crippen molar-refractivity contribution in [3.63, 3.8) is 0 Å². The lowest BCUT2D eigenvalue weighted by Crippen LogP contribution is -2.23. The van der Waals surface area contributed by atoms with E-state index in [0.29, 0.717) is 16.6 Å². The van der Waals surface area contributed by atoms with E-state index in [9.17, 15) is 9.59 Å². The van der Waals surface area contributed by atoms with E-state index < -0.39 is 5.91 Å². The van der Waals surface area contributed by atoms with Crippen LogP contribution in [0, 0.1) is 0 Å². The van der Waals surface area contributed by atoms with E-state index in [4.69, 9.17) is 0 Å². The molecule has 0 aliphatic carbocycles. The first kappa shape index (κ1) is 18.7. The molecular weight excluding hydrogens is 338 g/mol. The zero-order valence-electron chi connectivity index (χ0n) is 16.4. The van der Waals surface area contributed by atoms with Gasteiger partial charge < -0.3 is 15.2 Å². The van der Waals surface area contributed by atoms with E-state index in [-0.39, 0.29) is 16.4 Å². The predicted molar refractivity (Wildman–Crippen MR) is 112 cm³/mol. The van der Waals surface area contributed by atoms with Gasteiger partial charge in [-0.05, 0) is 35.2 Å². The Morgan fingerprint density at radius 3 is 2.44 bits per heavy atom. The molecule has 0 saturated carbocycles. The third kappa shape index (κ3) is 3.72. The van der Waals surface area contributed by atoms with Crippen LogP contribution in [0.4, 0.5) is 11.4 Å². The Balaban J connectivity index is 1.96. The van der Waals surface area contributed by atoms with Gasteiger partial charge in [-0.2, -0.15) is 0 Å². The van der Waals surface area contributed by atoms with Gasteiger partial charge in [0.05, 0.1) is 0 Å². The number of hydrogen-bond donors (Lipinski definition) is 2. The molecule has 0 fully saturated rings. The number of aromatic amines is 1. The molecule has 0 unspecified atom stereocenters. The molecule has 0 atom stereocenters. The molecular formula is C22H25N3O2. The molecule has 1 aromatic heterocycles. The molecule has 0 bridgehead atoms. The number of fused-ring (bicyclic) bond motifs is 1. The van der Waals surface area contributed by atoms with Crippen LogP contribution in [0.3, 0.4) is 0 Å². The maximum atomic E-state index is 12.7. The number of anilines is 2. The fourth-order valence-electron chi connectivity index (χ4n) is 3.15. The van der Waals surface area contributed by atoms with Crippen molar-refractivity contribution in [1.29, 1.82) is 0 Å². The summed E-state index contributed by atoms with van der Waals surface area (Å²) in [5.41, 5.74) is 3.40. The molecule has 2 aromatic carbocycles. The van der Waals surface area contributed by atoms with Crippen LogP contribution in [0.25, 0.3) is 10.9 Å². The van der Waals surface area contributed by atoms with E-state index >= 15 is 0 Å². The second-order valence-electron chi connectivity index (χ2n) is 7.91. The van der Waals surface area contributed by atoms with Crippen LogP contribution >= 0.6 is 0 Å². The quantitative estimate of drug-likeness (QED) is 0.735. The smallest absolute Gasteiger partial charge is 0.261 e. The second-order valence-corrected chi connectivity index (χ2v) is 7.91. The molecule has 0 saturated heterocycles. The summed E-state index contributed by atoms with van der Waals surface area (Å²) in [7, 11) is 3.95. The number of nitrogens with one attached hydrogen (secondary N) is 2. The molecule has 0 radical (unpaired) electrons. The minimum atomic E-state index is -0.421. The molecule has 3 rings (SSSR count). The van der Waals surface area contributed by atoms with E-state index in [2.05, 4.69) is 31.1 Å². The van der Waals surface area contributed by atoms with Gasteiger partial charge in [0.1, 0.15) is 5.56 Å². The Labute approximate surface area is 159 Å². The third-order valence-electron chi connectivity index (χ3n) is 4.58. The normalized spacial score (nSPS) is 11.4. The number of amides is 1. The number of hydrogen-bond acceptors (Lipinski definition) is 3. The Morgan fingerprint density at radius 1 is 1.07 bits per heavy atom. The topological polar surface area (TPSA) is 65.2 Å². The summed E-state index contributed by atoms with van der Waals surface area (Å²) in [6, 6.07) is 13.0. The molecule has 5 nitrogen and oxygen atoms in total. The molecule has 1 heterocycles. The van der Waals surface area contributed by atoms with Gasteiger partial charge in [0.2, 0.25) is 5.43 Å². The first-order chi connectivity index (χ1) is 12.7. The largest absolute Gasteiger partial charge is 0.377 e. The Bertz CT molecular complexity index is 1060. The highest BCUT2D eigenvalue weighted by atomic mass is 16.2. The average Bonchev–Trinajstić information content (AvgIpc) is 2.61. The first-order valence-corrected chi connectivity index (χ1v) is 8.92. The third-order valence-corrected chi connectivity index (χ3v) is 4.58. The van der Waals surface area contributed by atoms with Gasteiger partial charge in [0.15, 0.2) is 0 Å². The van der Waals surface area contributed by atoms with E-state index in [1.165, 1.54) is 11.8 Å². The maximum absolute atomic E-state index is 12.7. The van der Waals surface area contributed by atoms with Crippen LogP contribution < -0.4 is 15.6 Å². The highest BCUT2D eigenvalue weighted by Gasteiger charge is 2.20. The number of nitrogens with zero attached hydrogens (tertiary/aromatic N) is 1. The number of carbonyl (C=O) groups excluding carboxylic acids is 1. The van der Waals surface area contributed by atoms with Gasteiger partial charge >= 0.3 is 0 Å². The van der Waals surface area contributed by atoms with Gasteiger partial charge in [-0.15, -0.1) is 0 Å². The summed E-state index contributed by atoms with van der Waals surface area (Å²) in [5, 5.41) is 3.35. The van der Waals surface area contributed by atoms with Gasteiger partial charge in [-0.25, -0.2) is 0 Å². The molecule has 5 heteroatoms. The van der Waals surface area contributed by atoms with E-state index in [1.807, 2.05) is 49.3 Å². The van der Waals surface area contributed by atoms with Gasteiger partial charge in [-0.3, -0.25) is 9.59 Å². The van der Waals surface area contributed by atoms with Crippen molar-refractivity contribution in [3.05, 3.63) is 70.0 Å². The van der Waals surface area contributed by atoms with Crippen LogP contribution in [-0.2, 0) is 5.41 Å². The van der Waals surface area contributed by atoms with Crippen molar-refractivity contribution in [3.8, 4) is 0 Å².